The third kappa shape index (κ3) is 55.9. The van der Waals surface area contributed by atoms with E-state index in [9.17, 15) is 0 Å². The van der Waals surface area contributed by atoms with E-state index in [0.717, 1.165) is 0 Å². The Kier molecular flexibility index (Phi) is 43.9. The lowest BCUT2D eigenvalue weighted by Gasteiger charge is -2.24. The Morgan fingerprint density at radius 2 is 0.878 bits per heavy atom. The maximum Gasteiger partial charge on any atom is 0.100 e. The lowest BCUT2D eigenvalue weighted by molar-refractivity contribution is 0.00303. The highest BCUT2D eigenvalue weighted by Crippen LogP contribution is 2.18. The van der Waals surface area contributed by atoms with Gasteiger partial charge in [0.25, 0.3) is 0 Å². The maximum atomic E-state index is 9.03. The van der Waals surface area contributed by atoms with E-state index in [1.54, 1.807) is 41.5 Å². The van der Waals surface area contributed by atoms with Crippen LogP contribution in [-0.4, -0.2) is 161 Å². The minimum Gasteiger partial charge on any atom is -0.396 e. The molecule has 0 aliphatic heterocycles. The molecular weight excluding hydrogens is 548 g/mol. The summed E-state index contributed by atoms with van der Waals surface area (Å²) in [6, 6.07) is 0. The van der Waals surface area contributed by atoms with Crippen LogP contribution < -0.4 is 0 Å². The first kappa shape index (κ1) is 53.0. The van der Waals surface area contributed by atoms with Gasteiger partial charge in [-0.25, -0.2) is 0 Å². The second-order valence-corrected chi connectivity index (χ2v) is 11.1. The van der Waals surface area contributed by atoms with Gasteiger partial charge in [-0.3, -0.25) is 0 Å². The molecule has 0 aromatic rings. The van der Waals surface area contributed by atoms with Crippen LogP contribution in [-0.2, 0) is 0 Å². The summed E-state index contributed by atoms with van der Waals surface area (Å²) in [5, 5.41) is 117. The van der Waals surface area contributed by atoms with Crippen LogP contribution in [0.15, 0.2) is 0 Å². The summed E-state index contributed by atoms with van der Waals surface area (Å²) in [7, 11) is 0. The van der Waals surface area contributed by atoms with Crippen LogP contribution in [0.2, 0.25) is 0 Å². The van der Waals surface area contributed by atoms with Crippen molar-refractivity contribution in [1.82, 2.24) is 0 Å². The van der Waals surface area contributed by atoms with Gasteiger partial charge in [0.1, 0.15) is 6.10 Å². The van der Waals surface area contributed by atoms with Crippen LogP contribution in [0.1, 0.15) is 74.7 Å². The highest BCUT2D eigenvalue weighted by molar-refractivity contribution is 4.74. The molecule has 0 bridgehead atoms. The van der Waals surface area contributed by atoms with Gasteiger partial charge in [0.15, 0.2) is 0 Å². The second-order valence-electron chi connectivity index (χ2n) is 11.1. The van der Waals surface area contributed by atoms with Gasteiger partial charge in [0.2, 0.25) is 0 Å². The molecule has 0 heterocycles. The van der Waals surface area contributed by atoms with Gasteiger partial charge in [0.05, 0.1) is 76.8 Å². The fourth-order valence-corrected chi connectivity index (χ4v) is 1.50. The number of hydrogen-bond donors (Lipinski definition) is 14. The summed E-state index contributed by atoms with van der Waals surface area (Å²) in [4.78, 5) is 0. The van der Waals surface area contributed by atoms with Crippen molar-refractivity contribution in [1.29, 1.82) is 0 Å². The first-order valence-corrected chi connectivity index (χ1v) is 13.6. The van der Waals surface area contributed by atoms with E-state index < -0.39 is 29.3 Å². The zero-order valence-corrected chi connectivity index (χ0v) is 26.6. The van der Waals surface area contributed by atoms with Crippen molar-refractivity contribution in [3.63, 3.8) is 0 Å². The maximum absolute atomic E-state index is 9.03. The van der Waals surface area contributed by atoms with Crippen LogP contribution in [0.4, 0.5) is 0 Å². The zero-order chi connectivity index (χ0) is 34.3. The Morgan fingerprint density at radius 3 is 0.878 bits per heavy atom. The molecule has 3 atom stereocenters. The molecule has 0 saturated carbocycles. The number of aliphatic hydroxyl groups is 14. The molecule has 0 aliphatic rings. The Morgan fingerprint density at radius 1 is 0.537 bits per heavy atom. The normalized spacial score (nSPS) is 13.2. The first-order valence-electron chi connectivity index (χ1n) is 13.6. The fourth-order valence-electron chi connectivity index (χ4n) is 1.50. The zero-order valence-electron chi connectivity index (χ0n) is 26.6. The van der Waals surface area contributed by atoms with E-state index in [1.807, 2.05) is 6.92 Å². The van der Waals surface area contributed by atoms with Crippen molar-refractivity contribution in [3.8, 4) is 0 Å². The van der Waals surface area contributed by atoms with Crippen molar-refractivity contribution in [2.75, 3.05) is 59.5 Å². The van der Waals surface area contributed by atoms with Crippen LogP contribution in [0, 0.1) is 10.8 Å². The van der Waals surface area contributed by atoms with Crippen molar-refractivity contribution in [2.45, 2.75) is 105 Å². The summed E-state index contributed by atoms with van der Waals surface area (Å²) in [6.07, 6.45) is -0.756. The Labute approximate surface area is 246 Å². The van der Waals surface area contributed by atoms with Gasteiger partial charge >= 0.3 is 0 Å². The molecule has 258 valence electrons. The lowest BCUT2D eigenvalue weighted by atomic mass is 9.88. The molecular formula is C27H66O14. The molecule has 0 aromatic carbocycles. The SMILES string of the molecule is CC(C)(CO)CO.CC(O)CC(C)(C)O.CC(O)CCO.CC(O)CO.CCC(CO)(CO)CO.OCC(O)CO. The average molecular weight is 615 g/mol. The van der Waals surface area contributed by atoms with Crippen molar-refractivity contribution in [3.05, 3.63) is 0 Å². The molecule has 0 fully saturated rings. The Bertz CT molecular complexity index is 438. The highest BCUT2D eigenvalue weighted by atomic mass is 16.3. The molecule has 14 nitrogen and oxygen atoms in total. The van der Waals surface area contributed by atoms with Gasteiger partial charge in [-0.2, -0.15) is 0 Å². The number of hydrogen-bond acceptors (Lipinski definition) is 14. The summed E-state index contributed by atoms with van der Waals surface area (Å²) in [6.45, 7) is 12.5. The molecule has 0 aliphatic carbocycles. The quantitative estimate of drug-likeness (QED) is 0.101. The van der Waals surface area contributed by atoms with Gasteiger partial charge in [0, 0.05) is 23.9 Å². The molecule has 14 heteroatoms. The van der Waals surface area contributed by atoms with Crippen molar-refractivity contribution >= 4 is 0 Å². The number of rotatable bonds is 13. The van der Waals surface area contributed by atoms with Crippen molar-refractivity contribution < 1.29 is 71.5 Å². The van der Waals surface area contributed by atoms with E-state index in [2.05, 4.69) is 0 Å². The van der Waals surface area contributed by atoms with Crippen LogP contribution in [0.5, 0.6) is 0 Å². The number of aliphatic hydroxyl groups excluding tert-OH is 13. The monoisotopic (exact) mass is 614 g/mol. The molecule has 3 unspecified atom stereocenters. The van der Waals surface area contributed by atoms with Gasteiger partial charge in [-0.05, 0) is 47.5 Å². The third-order valence-corrected chi connectivity index (χ3v) is 4.64. The van der Waals surface area contributed by atoms with E-state index in [1.165, 1.54) is 6.92 Å². The second kappa shape index (κ2) is 33.9. The summed E-state index contributed by atoms with van der Waals surface area (Å²) < 4.78 is 0. The lowest BCUT2D eigenvalue weighted by Crippen LogP contribution is -2.32. The van der Waals surface area contributed by atoms with E-state index >= 15 is 0 Å². The molecule has 0 spiro atoms. The van der Waals surface area contributed by atoms with Crippen LogP contribution in [0.25, 0.3) is 0 Å². The fraction of sp³-hybridized carbons (Fsp3) is 1.00. The largest absolute Gasteiger partial charge is 0.396 e. The summed E-state index contributed by atoms with van der Waals surface area (Å²) in [5.74, 6) is 0. The minimum atomic E-state index is -0.954. The smallest absolute Gasteiger partial charge is 0.100 e. The topological polar surface area (TPSA) is 283 Å². The summed E-state index contributed by atoms with van der Waals surface area (Å²) in [5.41, 5.74) is -1.70. The standard InChI is InChI=1S/C6H14O3.C6H14O2.C5H12O2.C4H10O2.C3H8O3.C3H8O2/c1-2-6(3-7,4-8)5-9;1-5(7)4-6(2,3)8;1-5(2,3-6)4-7;1-4(6)2-3-5;4-1-3(6)2-5;1-3(5)2-4/h7-9H,2-5H2,1H3;5,7-8H,4H2,1-3H3;6-7H,3-4H2,1-2H3;4-6H,2-3H2,1H3;3-6H,1-2H2;3-5H,2H2,1H3. The van der Waals surface area contributed by atoms with E-state index in [-0.39, 0.29) is 71.0 Å². The first-order chi connectivity index (χ1) is 18.6. The van der Waals surface area contributed by atoms with Gasteiger partial charge in [-0.15, -0.1) is 0 Å². The Balaban J connectivity index is -0.0000000906. The van der Waals surface area contributed by atoms with Gasteiger partial charge in [-0.1, -0.05) is 20.8 Å². The van der Waals surface area contributed by atoms with Crippen LogP contribution in [0.3, 0.4) is 0 Å². The van der Waals surface area contributed by atoms with E-state index in [0.29, 0.717) is 19.3 Å². The van der Waals surface area contributed by atoms with Gasteiger partial charge < -0.3 is 71.5 Å². The molecule has 0 saturated heterocycles. The highest BCUT2D eigenvalue weighted by Gasteiger charge is 2.24. The Hall–Kier alpha value is -0.560. The molecule has 0 amide bonds. The molecule has 0 radical (unpaired) electrons. The minimum absolute atomic E-state index is 0.0451. The average Bonchev–Trinajstić information content (AvgIpc) is 2.90. The van der Waals surface area contributed by atoms with Crippen LogP contribution >= 0.6 is 0 Å². The molecule has 14 N–H and O–H groups in total. The molecule has 41 heavy (non-hydrogen) atoms. The van der Waals surface area contributed by atoms with Crippen molar-refractivity contribution in [2.24, 2.45) is 10.8 Å². The van der Waals surface area contributed by atoms with E-state index in [4.69, 9.17) is 71.5 Å². The summed E-state index contributed by atoms with van der Waals surface area (Å²) >= 11 is 0. The third-order valence-electron chi connectivity index (χ3n) is 4.64. The molecule has 0 rings (SSSR count). The molecule has 0 aromatic heterocycles. The predicted octanol–water partition coefficient (Wildman–Crippen LogP) is -2.67. The predicted molar refractivity (Wildman–Crippen MR) is 157 cm³/mol.